The van der Waals surface area contributed by atoms with E-state index in [2.05, 4.69) is 11.3 Å². The molecule has 0 aliphatic carbocycles. The van der Waals surface area contributed by atoms with Gasteiger partial charge in [0.1, 0.15) is 30.5 Å². The van der Waals surface area contributed by atoms with Crippen LogP contribution in [0.5, 0.6) is 0 Å². The molecule has 0 saturated carbocycles. The van der Waals surface area contributed by atoms with E-state index in [9.17, 15) is 35.1 Å². The van der Waals surface area contributed by atoms with E-state index in [1.165, 1.54) is 6.08 Å². The van der Waals surface area contributed by atoms with Crippen LogP contribution < -0.4 is 0 Å². The highest BCUT2D eigenvalue weighted by atomic mass is 16.8. The number of esters is 2. The average Bonchev–Trinajstić information content (AvgIpc) is 2.93. The summed E-state index contributed by atoms with van der Waals surface area (Å²) in [5, 5.41) is 50.6. The van der Waals surface area contributed by atoms with Crippen molar-refractivity contribution in [1.82, 2.24) is 0 Å². The Morgan fingerprint density at radius 3 is 2.47 bits per heavy atom. The van der Waals surface area contributed by atoms with Crippen molar-refractivity contribution >= 4 is 17.5 Å². The predicted molar refractivity (Wildman–Crippen MR) is 127 cm³/mol. The zero-order chi connectivity index (χ0) is 27.6. The minimum atomic E-state index is -1.67. The molecule has 0 amide bonds. The van der Waals surface area contributed by atoms with Crippen molar-refractivity contribution in [3.8, 4) is 0 Å². The molecule has 9 atom stereocenters. The Labute approximate surface area is 218 Å². The second kappa shape index (κ2) is 11.6. The van der Waals surface area contributed by atoms with Crippen LogP contribution in [-0.4, -0.2) is 94.3 Å². The average molecular weight is 535 g/mol. The minimum absolute atomic E-state index is 0.0607. The molecule has 0 unspecified atom stereocenters. The Morgan fingerprint density at radius 2 is 1.84 bits per heavy atom. The maximum atomic E-state index is 13.0. The number of carbonyl (C=O) groups is 2. The summed E-state index contributed by atoms with van der Waals surface area (Å²) in [6.07, 6.45) is -7.05. The Morgan fingerprint density at radius 1 is 1.13 bits per heavy atom. The molecule has 0 bridgehead atoms. The van der Waals surface area contributed by atoms with Crippen LogP contribution in [0.1, 0.15) is 12.0 Å². The molecule has 3 aliphatic rings. The standard InChI is InChI=1S/C26H30O12/c1-3-13-14-9-16(18(20(29)24(33)34-2)12-7-5-4-6-8-12)36-23(32)15(14)11-35-25(13)38-26-22(31)21(30)19(28)17(10-27)37-26/h3-8,11,13-14,16-17,19,21-22,25-31H,1,9-10H2,2H3/b20-18+/t13-,14+,16-,17-,19-,21+,22-,25+,26+/m1/s1. The number of methoxy groups -OCH3 is 1. The Balaban J connectivity index is 1.63. The highest BCUT2D eigenvalue weighted by molar-refractivity contribution is 5.98. The summed E-state index contributed by atoms with van der Waals surface area (Å²) < 4.78 is 27.1. The summed E-state index contributed by atoms with van der Waals surface area (Å²) in [4.78, 5) is 25.2. The lowest BCUT2D eigenvalue weighted by atomic mass is 9.76. The molecule has 4 rings (SSSR count). The smallest absolute Gasteiger partial charge is 0.373 e. The van der Waals surface area contributed by atoms with Gasteiger partial charge >= 0.3 is 11.9 Å². The number of ether oxygens (including phenoxy) is 5. The molecule has 5 N–H and O–H groups in total. The molecule has 0 aromatic heterocycles. The largest absolute Gasteiger partial charge is 0.502 e. The summed E-state index contributed by atoms with van der Waals surface area (Å²) in [7, 11) is 1.11. The van der Waals surface area contributed by atoms with Gasteiger partial charge < -0.3 is 49.2 Å². The first-order valence-electron chi connectivity index (χ1n) is 11.9. The molecule has 2 fully saturated rings. The molecule has 2 saturated heterocycles. The first-order chi connectivity index (χ1) is 18.2. The van der Waals surface area contributed by atoms with E-state index in [1.807, 2.05) is 0 Å². The molecule has 38 heavy (non-hydrogen) atoms. The summed E-state index contributed by atoms with van der Waals surface area (Å²) in [5.74, 6) is -3.78. The van der Waals surface area contributed by atoms with E-state index in [0.29, 0.717) is 5.56 Å². The third-order valence-corrected chi connectivity index (χ3v) is 6.89. The van der Waals surface area contributed by atoms with Crippen molar-refractivity contribution in [2.75, 3.05) is 13.7 Å². The van der Waals surface area contributed by atoms with Crippen molar-refractivity contribution in [3.63, 3.8) is 0 Å². The number of rotatable bonds is 7. The van der Waals surface area contributed by atoms with Gasteiger partial charge in [-0.1, -0.05) is 36.4 Å². The van der Waals surface area contributed by atoms with E-state index in [1.54, 1.807) is 30.3 Å². The van der Waals surface area contributed by atoms with Gasteiger partial charge in [0.15, 0.2) is 6.29 Å². The van der Waals surface area contributed by atoms with Gasteiger partial charge in [-0.15, -0.1) is 6.58 Å². The number of hydrogen-bond donors (Lipinski definition) is 5. The lowest BCUT2D eigenvalue weighted by molar-refractivity contribution is -0.339. The van der Waals surface area contributed by atoms with Crippen LogP contribution in [0.4, 0.5) is 0 Å². The molecule has 12 heteroatoms. The van der Waals surface area contributed by atoms with Crippen LogP contribution in [-0.2, 0) is 33.3 Å². The predicted octanol–water partition coefficient (Wildman–Crippen LogP) is -0.0807. The molecule has 0 spiro atoms. The molecular formula is C26H30O12. The minimum Gasteiger partial charge on any atom is -0.502 e. The maximum absolute atomic E-state index is 13.0. The van der Waals surface area contributed by atoms with E-state index < -0.39 is 79.2 Å². The van der Waals surface area contributed by atoms with Gasteiger partial charge in [-0.25, -0.2) is 9.59 Å². The van der Waals surface area contributed by atoms with Crippen molar-refractivity contribution in [3.05, 3.63) is 66.1 Å². The Hall–Kier alpha value is -3.26. The highest BCUT2D eigenvalue weighted by Gasteiger charge is 2.49. The lowest BCUT2D eigenvalue weighted by Crippen LogP contribution is -2.60. The monoisotopic (exact) mass is 534 g/mol. The molecule has 12 nitrogen and oxygen atoms in total. The van der Waals surface area contributed by atoms with Crippen molar-refractivity contribution in [2.45, 2.75) is 49.5 Å². The van der Waals surface area contributed by atoms with Crippen LogP contribution in [0.2, 0.25) is 0 Å². The number of aliphatic hydroxyl groups is 5. The first kappa shape index (κ1) is 27.8. The summed E-state index contributed by atoms with van der Waals surface area (Å²) >= 11 is 0. The molecular weight excluding hydrogens is 504 g/mol. The summed E-state index contributed by atoms with van der Waals surface area (Å²) in [6, 6.07) is 8.43. The van der Waals surface area contributed by atoms with Gasteiger partial charge in [0.25, 0.3) is 0 Å². The number of aliphatic hydroxyl groups excluding tert-OH is 5. The Bertz CT molecular complexity index is 1100. The maximum Gasteiger partial charge on any atom is 0.373 e. The van der Waals surface area contributed by atoms with Crippen LogP contribution in [0, 0.1) is 11.8 Å². The van der Waals surface area contributed by atoms with Gasteiger partial charge in [-0.2, -0.15) is 0 Å². The fourth-order valence-corrected chi connectivity index (χ4v) is 4.86. The fraction of sp³-hybridized carbons (Fsp3) is 0.462. The number of carbonyl (C=O) groups excluding carboxylic acids is 2. The zero-order valence-electron chi connectivity index (χ0n) is 20.5. The SMILES string of the molecule is C=C[C@H]1[C@H](O[C@@H]2O[C@H](CO)[C@@H](O)[C@H](O)[C@H]2O)OC=C2C(=O)O[C@@H](/C(=C(/O)C(=O)OC)c3ccccc3)C[C@H]21. The van der Waals surface area contributed by atoms with Crippen LogP contribution in [0.15, 0.2) is 60.6 Å². The number of fused-ring (bicyclic) bond motifs is 1. The number of benzene rings is 1. The number of cyclic esters (lactones) is 1. The van der Waals surface area contributed by atoms with Gasteiger partial charge in [0.05, 0.1) is 25.6 Å². The fourth-order valence-electron chi connectivity index (χ4n) is 4.86. The summed E-state index contributed by atoms with van der Waals surface area (Å²) in [6.45, 7) is 3.18. The second-order valence-electron chi connectivity index (χ2n) is 9.08. The van der Waals surface area contributed by atoms with Gasteiger partial charge in [0, 0.05) is 17.4 Å². The Kier molecular flexibility index (Phi) is 8.51. The van der Waals surface area contributed by atoms with Gasteiger partial charge in [0.2, 0.25) is 12.0 Å². The second-order valence-corrected chi connectivity index (χ2v) is 9.08. The third-order valence-electron chi connectivity index (χ3n) is 6.89. The van der Waals surface area contributed by atoms with Gasteiger partial charge in [-0.3, -0.25) is 0 Å². The normalized spacial score (nSPS) is 35.6. The van der Waals surface area contributed by atoms with Crippen molar-refractivity contribution < 1.29 is 58.8 Å². The van der Waals surface area contributed by atoms with Gasteiger partial charge in [-0.05, 0) is 12.0 Å². The first-order valence-corrected chi connectivity index (χ1v) is 11.9. The quantitative estimate of drug-likeness (QED) is 0.136. The molecule has 3 aliphatic heterocycles. The summed E-state index contributed by atoms with van der Waals surface area (Å²) in [5.41, 5.74) is 0.673. The molecule has 206 valence electrons. The van der Waals surface area contributed by atoms with Crippen LogP contribution in [0.25, 0.3) is 5.57 Å². The van der Waals surface area contributed by atoms with E-state index in [-0.39, 0.29) is 17.6 Å². The lowest BCUT2D eigenvalue weighted by Gasteiger charge is -2.44. The highest BCUT2D eigenvalue weighted by Crippen LogP contribution is 2.43. The van der Waals surface area contributed by atoms with Crippen LogP contribution in [0.3, 0.4) is 0 Å². The molecule has 0 radical (unpaired) electrons. The van der Waals surface area contributed by atoms with E-state index in [0.717, 1.165) is 13.4 Å². The van der Waals surface area contributed by atoms with E-state index in [4.69, 9.17) is 18.9 Å². The van der Waals surface area contributed by atoms with E-state index >= 15 is 0 Å². The molecule has 1 aromatic rings. The number of hydrogen-bond acceptors (Lipinski definition) is 12. The zero-order valence-corrected chi connectivity index (χ0v) is 20.5. The van der Waals surface area contributed by atoms with Crippen LogP contribution >= 0.6 is 0 Å². The molecule has 3 heterocycles. The van der Waals surface area contributed by atoms with Crippen molar-refractivity contribution in [2.24, 2.45) is 11.8 Å². The van der Waals surface area contributed by atoms with Crippen molar-refractivity contribution in [1.29, 1.82) is 0 Å². The topological polar surface area (TPSA) is 181 Å². The molecule has 1 aromatic carbocycles. The third kappa shape index (κ3) is 5.19.